The molecule has 0 saturated heterocycles. The van der Waals surface area contributed by atoms with E-state index in [4.69, 9.17) is 6.42 Å². The molecule has 1 aromatic rings. The lowest BCUT2D eigenvalue weighted by Gasteiger charge is -2.18. The van der Waals surface area contributed by atoms with Gasteiger partial charge >= 0.3 is 0 Å². The third-order valence-electron chi connectivity index (χ3n) is 3.16. The van der Waals surface area contributed by atoms with Crippen molar-refractivity contribution in [2.24, 2.45) is 0 Å². The summed E-state index contributed by atoms with van der Waals surface area (Å²) in [4.78, 5) is 0. The summed E-state index contributed by atoms with van der Waals surface area (Å²) in [6.07, 6.45) is 10.8. The number of unbranched alkanes of at least 4 members (excludes halogenated alkanes) is 1. The van der Waals surface area contributed by atoms with Crippen molar-refractivity contribution >= 4 is 0 Å². The van der Waals surface area contributed by atoms with E-state index in [9.17, 15) is 0 Å². The van der Waals surface area contributed by atoms with Crippen LogP contribution in [-0.2, 0) is 6.42 Å². The number of terminal acetylenes is 1. The summed E-state index contributed by atoms with van der Waals surface area (Å²) in [6.45, 7) is 5.42. The Labute approximate surface area is 112 Å². The zero-order chi connectivity index (χ0) is 13.2. The van der Waals surface area contributed by atoms with Gasteiger partial charge in [0.15, 0.2) is 0 Å². The molecule has 1 unspecified atom stereocenters. The molecule has 1 heteroatoms. The van der Waals surface area contributed by atoms with Gasteiger partial charge in [-0.25, -0.2) is 0 Å². The molecule has 0 radical (unpaired) electrons. The Morgan fingerprint density at radius 3 is 2.61 bits per heavy atom. The van der Waals surface area contributed by atoms with Crippen LogP contribution in [-0.4, -0.2) is 12.6 Å². The van der Waals surface area contributed by atoms with Gasteiger partial charge in [-0.2, -0.15) is 0 Å². The number of benzene rings is 1. The molecule has 0 heterocycles. The third-order valence-corrected chi connectivity index (χ3v) is 3.16. The number of aryl methyl sites for hydroxylation is 1. The van der Waals surface area contributed by atoms with E-state index in [2.05, 4.69) is 49.4 Å². The molecule has 1 N–H and O–H groups in total. The van der Waals surface area contributed by atoms with Crippen LogP contribution in [0.15, 0.2) is 24.3 Å². The van der Waals surface area contributed by atoms with Gasteiger partial charge in [0.25, 0.3) is 0 Å². The number of hydrogen-bond acceptors (Lipinski definition) is 1. The lowest BCUT2D eigenvalue weighted by molar-refractivity contribution is 0.467. The van der Waals surface area contributed by atoms with Crippen molar-refractivity contribution in [1.29, 1.82) is 0 Å². The Morgan fingerprint density at radius 1 is 1.28 bits per heavy atom. The first-order valence-corrected chi connectivity index (χ1v) is 6.98. The predicted octanol–water partition coefficient (Wildman–Crippen LogP) is 3.71. The Bertz CT molecular complexity index is 358. The second-order valence-corrected chi connectivity index (χ2v) is 4.94. The van der Waals surface area contributed by atoms with Gasteiger partial charge in [-0.3, -0.25) is 0 Å². The van der Waals surface area contributed by atoms with Gasteiger partial charge < -0.3 is 5.32 Å². The molecule has 0 aliphatic heterocycles. The topological polar surface area (TPSA) is 12.0 Å². The summed E-state index contributed by atoms with van der Waals surface area (Å²) < 4.78 is 0. The molecule has 0 aliphatic carbocycles. The minimum Gasteiger partial charge on any atom is -0.314 e. The fourth-order valence-electron chi connectivity index (χ4n) is 2.08. The lowest BCUT2D eigenvalue weighted by Crippen LogP contribution is -2.31. The summed E-state index contributed by atoms with van der Waals surface area (Å²) in [7, 11) is 0. The molecule has 0 aliphatic rings. The highest BCUT2D eigenvalue weighted by atomic mass is 14.9. The largest absolute Gasteiger partial charge is 0.314 e. The van der Waals surface area contributed by atoms with Crippen molar-refractivity contribution in [3.8, 4) is 12.3 Å². The first-order chi connectivity index (χ1) is 8.76. The monoisotopic (exact) mass is 243 g/mol. The minimum absolute atomic E-state index is 0.556. The first kappa shape index (κ1) is 14.8. The smallest absolute Gasteiger partial charge is 0.0108 e. The van der Waals surface area contributed by atoms with Crippen LogP contribution in [0.2, 0.25) is 0 Å². The maximum absolute atomic E-state index is 5.31. The first-order valence-electron chi connectivity index (χ1n) is 6.98. The number of hydrogen-bond donors (Lipinski definition) is 1. The number of nitrogens with one attached hydrogen (secondary N) is 1. The molecule has 0 aromatic heterocycles. The molecule has 0 bridgehead atoms. The maximum atomic E-state index is 5.31. The molecule has 18 heavy (non-hydrogen) atoms. The molecule has 0 amide bonds. The van der Waals surface area contributed by atoms with Gasteiger partial charge in [0.2, 0.25) is 0 Å². The Hall–Kier alpha value is -1.26. The van der Waals surface area contributed by atoms with E-state index >= 15 is 0 Å². The quantitative estimate of drug-likeness (QED) is 0.542. The standard InChI is InChI=1S/C17H25N/c1-4-6-7-8-17(18-13-5-2)14-16-11-9-15(3)10-12-16/h1,9-12,17-18H,5-8,13-14H2,2-3H3. The van der Waals surface area contributed by atoms with Crippen LogP contribution in [0.3, 0.4) is 0 Å². The molecule has 0 spiro atoms. The highest BCUT2D eigenvalue weighted by molar-refractivity contribution is 5.22. The molecule has 1 atom stereocenters. The molecule has 1 nitrogen and oxygen atoms in total. The van der Waals surface area contributed by atoms with Gasteiger partial charge in [0, 0.05) is 12.5 Å². The maximum Gasteiger partial charge on any atom is 0.0108 e. The van der Waals surface area contributed by atoms with E-state index in [1.807, 2.05) is 0 Å². The minimum atomic E-state index is 0.556. The van der Waals surface area contributed by atoms with Gasteiger partial charge in [0.05, 0.1) is 0 Å². The van der Waals surface area contributed by atoms with E-state index in [0.29, 0.717) is 6.04 Å². The van der Waals surface area contributed by atoms with E-state index in [1.54, 1.807) is 0 Å². The van der Waals surface area contributed by atoms with Crippen molar-refractivity contribution in [1.82, 2.24) is 5.32 Å². The van der Waals surface area contributed by atoms with Crippen molar-refractivity contribution in [2.45, 2.75) is 52.0 Å². The van der Waals surface area contributed by atoms with Gasteiger partial charge in [-0.15, -0.1) is 12.3 Å². The zero-order valence-electron chi connectivity index (χ0n) is 11.7. The average molecular weight is 243 g/mol. The second kappa shape index (κ2) is 8.78. The van der Waals surface area contributed by atoms with Crippen LogP contribution in [0.5, 0.6) is 0 Å². The Morgan fingerprint density at radius 2 is 2.00 bits per heavy atom. The van der Waals surface area contributed by atoms with Gasteiger partial charge in [-0.1, -0.05) is 36.8 Å². The zero-order valence-corrected chi connectivity index (χ0v) is 11.7. The third kappa shape index (κ3) is 5.89. The lowest BCUT2D eigenvalue weighted by atomic mass is 10.00. The van der Waals surface area contributed by atoms with E-state index in [1.165, 1.54) is 17.5 Å². The predicted molar refractivity (Wildman–Crippen MR) is 79.6 cm³/mol. The molecular formula is C17H25N. The highest BCUT2D eigenvalue weighted by Gasteiger charge is 2.08. The molecule has 1 rings (SSSR count). The SMILES string of the molecule is C#CCCCC(Cc1ccc(C)cc1)NCCC. The van der Waals surface area contributed by atoms with Gasteiger partial charge in [0.1, 0.15) is 0 Å². The van der Waals surface area contributed by atoms with Crippen LogP contribution in [0.1, 0.15) is 43.7 Å². The van der Waals surface area contributed by atoms with Crippen LogP contribution in [0.4, 0.5) is 0 Å². The Balaban J connectivity index is 2.48. The highest BCUT2D eigenvalue weighted by Crippen LogP contribution is 2.10. The fraction of sp³-hybridized carbons (Fsp3) is 0.529. The second-order valence-electron chi connectivity index (χ2n) is 4.94. The van der Waals surface area contributed by atoms with E-state index < -0.39 is 0 Å². The molecule has 0 fully saturated rings. The summed E-state index contributed by atoms with van der Waals surface area (Å²) in [5.41, 5.74) is 2.74. The van der Waals surface area contributed by atoms with Crippen molar-refractivity contribution in [2.75, 3.05) is 6.54 Å². The summed E-state index contributed by atoms with van der Waals surface area (Å²) in [5.74, 6) is 2.72. The molecular weight excluding hydrogens is 218 g/mol. The Kier molecular flexibility index (Phi) is 7.22. The van der Waals surface area contributed by atoms with Crippen LogP contribution >= 0.6 is 0 Å². The van der Waals surface area contributed by atoms with Gasteiger partial charge in [-0.05, 0) is 44.7 Å². The van der Waals surface area contributed by atoms with Crippen LogP contribution in [0, 0.1) is 19.3 Å². The number of rotatable bonds is 8. The summed E-state index contributed by atoms with van der Waals surface area (Å²) in [5, 5.41) is 3.62. The van der Waals surface area contributed by atoms with Crippen molar-refractivity contribution in [3.63, 3.8) is 0 Å². The van der Waals surface area contributed by atoms with Crippen molar-refractivity contribution < 1.29 is 0 Å². The van der Waals surface area contributed by atoms with Crippen molar-refractivity contribution in [3.05, 3.63) is 35.4 Å². The van der Waals surface area contributed by atoms with Crippen LogP contribution in [0.25, 0.3) is 0 Å². The normalized spacial score (nSPS) is 12.1. The molecule has 98 valence electrons. The fourth-order valence-corrected chi connectivity index (χ4v) is 2.08. The summed E-state index contributed by atoms with van der Waals surface area (Å²) >= 11 is 0. The van der Waals surface area contributed by atoms with Crippen LogP contribution < -0.4 is 5.32 Å². The van der Waals surface area contributed by atoms with E-state index in [0.717, 1.165) is 32.2 Å². The summed E-state index contributed by atoms with van der Waals surface area (Å²) in [6, 6.07) is 9.40. The molecule has 1 aromatic carbocycles. The molecule has 0 saturated carbocycles. The average Bonchev–Trinajstić information content (AvgIpc) is 2.38. The van der Waals surface area contributed by atoms with E-state index in [-0.39, 0.29) is 0 Å².